The van der Waals surface area contributed by atoms with Crippen molar-refractivity contribution in [3.63, 3.8) is 0 Å². The molecule has 100 valence electrons. The fourth-order valence-corrected chi connectivity index (χ4v) is 2.30. The van der Waals surface area contributed by atoms with Gasteiger partial charge in [-0.15, -0.1) is 5.10 Å². The molecule has 0 radical (unpaired) electrons. The van der Waals surface area contributed by atoms with E-state index in [0.29, 0.717) is 10.9 Å². The average molecular weight is 276 g/mol. The van der Waals surface area contributed by atoms with Crippen molar-refractivity contribution in [1.29, 1.82) is 0 Å². The Balaban J connectivity index is 2.08. The van der Waals surface area contributed by atoms with Gasteiger partial charge in [0.15, 0.2) is 5.17 Å². The number of hydrogen-bond acceptors (Lipinski definition) is 5. The van der Waals surface area contributed by atoms with Crippen molar-refractivity contribution in [2.24, 2.45) is 10.2 Å². The molecule has 5 nitrogen and oxygen atoms in total. The molecule has 0 atom stereocenters. The van der Waals surface area contributed by atoms with Crippen molar-refractivity contribution in [2.45, 2.75) is 6.54 Å². The molecule has 1 aliphatic heterocycles. The zero-order valence-electron chi connectivity index (χ0n) is 11.0. The molecule has 1 aliphatic rings. The fourth-order valence-electron chi connectivity index (χ4n) is 1.67. The van der Waals surface area contributed by atoms with Crippen LogP contribution >= 0.6 is 11.8 Å². The maximum absolute atomic E-state index is 11.0. The van der Waals surface area contributed by atoms with E-state index in [9.17, 15) is 4.79 Å². The minimum absolute atomic E-state index is 0.0213. The van der Waals surface area contributed by atoms with Gasteiger partial charge in [-0.3, -0.25) is 4.79 Å². The number of thioether (sulfide) groups is 1. The standard InChI is InChI=1S/C13H16N4OS/c1-17(2)8-11-6-4-3-5-10(11)7-14-16-13-15-12(18)9-19-13/h3-7H,8-9H2,1-2H3,(H,15,16,18). The largest absolute Gasteiger partial charge is 0.305 e. The molecule has 1 fully saturated rings. The second-order valence-corrected chi connectivity index (χ2v) is 5.39. The van der Waals surface area contributed by atoms with Crippen LogP contribution in [0.4, 0.5) is 0 Å². The van der Waals surface area contributed by atoms with Crippen LogP contribution in [0.3, 0.4) is 0 Å². The van der Waals surface area contributed by atoms with Gasteiger partial charge in [0.25, 0.3) is 0 Å². The summed E-state index contributed by atoms with van der Waals surface area (Å²) in [5.41, 5.74) is 2.23. The van der Waals surface area contributed by atoms with Crippen molar-refractivity contribution >= 4 is 29.1 Å². The van der Waals surface area contributed by atoms with E-state index in [0.717, 1.165) is 12.1 Å². The van der Waals surface area contributed by atoms with Crippen LogP contribution < -0.4 is 5.32 Å². The van der Waals surface area contributed by atoms with E-state index in [1.807, 2.05) is 32.3 Å². The zero-order chi connectivity index (χ0) is 13.7. The Bertz CT molecular complexity index is 525. The van der Waals surface area contributed by atoms with E-state index in [1.165, 1.54) is 17.3 Å². The number of hydrogen-bond donors (Lipinski definition) is 1. The number of amidine groups is 1. The molecule has 1 heterocycles. The molecule has 0 aromatic heterocycles. The monoisotopic (exact) mass is 276 g/mol. The van der Waals surface area contributed by atoms with Gasteiger partial charge in [0.1, 0.15) is 0 Å². The Morgan fingerprint density at radius 2 is 2.21 bits per heavy atom. The Hall–Kier alpha value is -1.66. The summed E-state index contributed by atoms with van der Waals surface area (Å²) >= 11 is 1.37. The molecule has 0 saturated carbocycles. The topological polar surface area (TPSA) is 57.1 Å². The lowest BCUT2D eigenvalue weighted by Crippen LogP contribution is -2.19. The van der Waals surface area contributed by atoms with Gasteiger partial charge in [-0.1, -0.05) is 36.0 Å². The molecule has 0 bridgehead atoms. The second kappa shape index (κ2) is 6.49. The predicted octanol–water partition coefficient (Wildman–Crippen LogP) is 1.30. The first kappa shape index (κ1) is 13.8. The zero-order valence-corrected chi connectivity index (χ0v) is 11.8. The predicted molar refractivity (Wildman–Crippen MR) is 79.5 cm³/mol. The molecular formula is C13H16N4OS. The van der Waals surface area contributed by atoms with Crippen molar-refractivity contribution in [2.75, 3.05) is 19.8 Å². The lowest BCUT2D eigenvalue weighted by atomic mass is 10.1. The number of benzene rings is 1. The van der Waals surface area contributed by atoms with Gasteiger partial charge in [0, 0.05) is 6.54 Å². The number of amides is 1. The summed E-state index contributed by atoms with van der Waals surface area (Å²) in [7, 11) is 4.05. The first-order valence-corrected chi connectivity index (χ1v) is 6.90. The van der Waals surface area contributed by atoms with Gasteiger partial charge in [-0.2, -0.15) is 5.10 Å². The van der Waals surface area contributed by atoms with Gasteiger partial charge in [-0.05, 0) is 25.2 Å². The molecule has 1 aromatic rings. The minimum Gasteiger partial charge on any atom is -0.305 e. The molecule has 0 aliphatic carbocycles. The van der Waals surface area contributed by atoms with Crippen LogP contribution in [-0.4, -0.2) is 42.0 Å². The Labute approximate surface area is 116 Å². The highest BCUT2D eigenvalue weighted by molar-refractivity contribution is 8.15. The van der Waals surface area contributed by atoms with Crippen molar-refractivity contribution in [3.05, 3.63) is 35.4 Å². The van der Waals surface area contributed by atoms with Crippen LogP contribution in [0, 0.1) is 0 Å². The van der Waals surface area contributed by atoms with Gasteiger partial charge in [0.2, 0.25) is 5.91 Å². The highest BCUT2D eigenvalue weighted by atomic mass is 32.2. The van der Waals surface area contributed by atoms with Crippen molar-refractivity contribution in [1.82, 2.24) is 10.2 Å². The van der Waals surface area contributed by atoms with Crippen molar-refractivity contribution in [3.8, 4) is 0 Å². The fraction of sp³-hybridized carbons (Fsp3) is 0.308. The molecule has 1 amide bonds. The molecular weight excluding hydrogens is 260 g/mol. The summed E-state index contributed by atoms with van der Waals surface area (Å²) in [5.74, 6) is 0.401. The maximum atomic E-state index is 11.0. The van der Waals surface area contributed by atoms with E-state index in [-0.39, 0.29) is 5.91 Å². The number of carbonyl (C=O) groups excluding carboxylic acids is 1. The number of rotatable bonds is 4. The second-order valence-electron chi connectivity index (χ2n) is 4.42. The molecule has 1 saturated heterocycles. The highest BCUT2D eigenvalue weighted by Crippen LogP contribution is 2.10. The SMILES string of the molecule is CN(C)Cc1ccccc1C=NN=C1NC(=O)CS1. The lowest BCUT2D eigenvalue weighted by molar-refractivity contribution is -0.116. The Kier molecular flexibility index (Phi) is 4.70. The molecule has 0 unspecified atom stereocenters. The normalized spacial score (nSPS) is 17.6. The third kappa shape index (κ3) is 4.18. The minimum atomic E-state index is -0.0213. The van der Waals surface area contributed by atoms with Crippen LogP contribution in [-0.2, 0) is 11.3 Å². The van der Waals surface area contributed by atoms with Gasteiger partial charge in [0.05, 0.1) is 12.0 Å². The number of nitrogens with one attached hydrogen (secondary N) is 1. The molecule has 1 aromatic carbocycles. The Morgan fingerprint density at radius 3 is 2.89 bits per heavy atom. The summed E-state index contributed by atoms with van der Waals surface area (Å²) in [6.07, 6.45) is 1.72. The van der Waals surface area contributed by atoms with Crippen LogP contribution in [0.2, 0.25) is 0 Å². The number of nitrogens with zero attached hydrogens (tertiary/aromatic N) is 3. The van der Waals surface area contributed by atoms with E-state index in [2.05, 4.69) is 26.5 Å². The van der Waals surface area contributed by atoms with E-state index in [4.69, 9.17) is 0 Å². The van der Waals surface area contributed by atoms with Crippen LogP contribution in [0.1, 0.15) is 11.1 Å². The summed E-state index contributed by atoms with van der Waals surface area (Å²) in [6, 6.07) is 8.05. The van der Waals surface area contributed by atoms with Crippen LogP contribution in [0.5, 0.6) is 0 Å². The molecule has 0 spiro atoms. The van der Waals surface area contributed by atoms with Gasteiger partial charge >= 0.3 is 0 Å². The van der Waals surface area contributed by atoms with Gasteiger partial charge < -0.3 is 10.2 Å². The smallest absolute Gasteiger partial charge is 0.236 e. The van der Waals surface area contributed by atoms with E-state index in [1.54, 1.807) is 6.21 Å². The summed E-state index contributed by atoms with van der Waals surface area (Å²) in [6.45, 7) is 0.851. The van der Waals surface area contributed by atoms with Crippen molar-refractivity contribution < 1.29 is 4.79 Å². The third-order valence-electron chi connectivity index (χ3n) is 2.47. The number of carbonyl (C=O) groups is 1. The molecule has 19 heavy (non-hydrogen) atoms. The highest BCUT2D eigenvalue weighted by Gasteiger charge is 2.15. The first-order chi connectivity index (χ1) is 9.15. The maximum Gasteiger partial charge on any atom is 0.236 e. The Morgan fingerprint density at radius 1 is 1.42 bits per heavy atom. The van der Waals surface area contributed by atoms with Gasteiger partial charge in [-0.25, -0.2) is 0 Å². The molecule has 2 rings (SSSR count). The molecule has 6 heteroatoms. The first-order valence-electron chi connectivity index (χ1n) is 5.91. The van der Waals surface area contributed by atoms with E-state index >= 15 is 0 Å². The average Bonchev–Trinajstić information content (AvgIpc) is 2.77. The summed E-state index contributed by atoms with van der Waals surface area (Å²) in [5, 5.41) is 11.2. The lowest BCUT2D eigenvalue weighted by Gasteiger charge is -2.11. The summed E-state index contributed by atoms with van der Waals surface area (Å²) in [4.78, 5) is 13.1. The van der Waals surface area contributed by atoms with Crippen LogP contribution in [0.25, 0.3) is 0 Å². The van der Waals surface area contributed by atoms with Crippen LogP contribution in [0.15, 0.2) is 34.5 Å². The summed E-state index contributed by atoms with van der Waals surface area (Å²) < 4.78 is 0. The molecule has 1 N–H and O–H groups in total. The third-order valence-corrected chi connectivity index (χ3v) is 3.34. The quantitative estimate of drug-likeness (QED) is 0.666. The van der Waals surface area contributed by atoms with E-state index < -0.39 is 0 Å².